The lowest BCUT2D eigenvalue weighted by atomic mass is 9.66. The Morgan fingerprint density at radius 3 is 2.48 bits per heavy atom. The third kappa shape index (κ3) is 5.09. The van der Waals surface area contributed by atoms with E-state index < -0.39 is 5.60 Å². The molecule has 0 radical (unpaired) electrons. The summed E-state index contributed by atoms with van der Waals surface area (Å²) in [7, 11) is 4.81. The number of ether oxygens (including phenoxy) is 3. The van der Waals surface area contributed by atoms with Crippen LogP contribution < -0.4 is 19.5 Å². The second-order valence-electron chi connectivity index (χ2n) is 8.78. The molecule has 7 heteroatoms. The molecular formula is C24H38N2O5. The Hall–Kier alpha value is -1.99. The van der Waals surface area contributed by atoms with E-state index in [1.165, 1.54) is 0 Å². The van der Waals surface area contributed by atoms with E-state index in [0.717, 1.165) is 44.1 Å². The summed E-state index contributed by atoms with van der Waals surface area (Å²) in [5.74, 6) is 1.82. The second-order valence-corrected chi connectivity index (χ2v) is 8.78. The maximum Gasteiger partial charge on any atom is 0.234 e. The molecule has 1 amide bonds. The van der Waals surface area contributed by atoms with Crippen molar-refractivity contribution in [3.05, 3.63) is 17.7 Å². The van der Waals surface area contributed by atoms with Crippen LogP contribution in [0.4, 0.5) is 0 Å². The topological polar surface area (TPSA) is 80.3 Å². The first-order valence-corrected chi connectivity index (χ1v) is 11.5. The molecule has 1 aliphatic heterocycles. The fourth-order valence-electron chi connectivity index (χ4n) is 5.28. The van der Waals surface area contributed by atoms with Gasteiger partial charge < -0.3 is 24.6 Å². The van der Waals surface area contributed by atoms with Gasteiger partial charge in [0.1, 0.15) is 0 Å². The number of carbonyl (C=O) groups excluding carboxylic acids is 1. The van der Waals surface area contributed by atoms with Crippen LogP contribution in [0.25, 0.3) is 0 Å². The largest absolute Gasteiger partial charge is 0.493 e. The van der Waals surface area contributed by atoms with Gasteiger partial charge in [0.2, 0.25) is 11.7 Å². The number of aliphatic hydroxyl groups is 1. The monoisotopic (exact) mass is 434 g/mol. The van der Waals surface area contributed by atoms with Crippen molar-refractivity contribution in [1.82, 2.24) is 10.2 Å². The molecule has 1 aromatic carbocycles. The molecule has 1 aliphatic carbocycles. The molecule has 7 nitrogen and oxygen atoms in total. The van der Waals surface area contributed by atoms with Crippen molar-refractivity contribution in [2.45, 2.75) is 63.5 Å². The predicted molar refractivity (Wildman–Crippen MR) is 120 cm³/mol. The van der Waals surface area contributed by atoms with Crippen molar-refractivity contribution in [2.75, 3.05) is 41.0 Å². The number of unbranched alkanes of at least 4 members (excludes halogenated alkanes) is 1. The minimum Gasteiger partial charge on any atom is -0.493 e. The van der Waals surface area contributed by atoms with Crippen molar-refractivity contribution in [3.63, 3.8) is 0 Å². The van der Waals surface area contributed by atoms with Crippen LogP contribution in [0.5, 0.6) is 17.2 Å². The number of carbonyl (C=O) groups is 1. The van der Waals surface area contributed by atoms with Gasteiger partial charge in [0.25, 0.3) is 0 Å². The van der Waals surface area contributed by atoms with Gasteiger partial charge in [-0.05, 0) is 43.4 Å². The van der Waals surface area contributed by atoms with Crippen LogP contribution in [0, 0.1) is 5.92 Å². The van der Waals surface area contributed by atoms with Crippen molar-refractivity contribution in [2.24, 2.45) is 5.92 Å². The van der Waals surface area contributed by atoms with E-state index in [4.69, 9.17) is 14.2 Å². The molecule has 2 N–H and O–H groups in total. The Morgan fingerprint density at radius 1 is 1.16 bits per heavy atom. The highest BCUT2D eigenvalue weighted by Crippen LogP contribution is 2.51. The maximum atomic E-state index is 12.7. The van der Waals surface area contributed by atoms with Crippen LogP contribution in [0.1, 0.15) is 63.5 Å². The molecule has 31 heavy (non-hydrogen) atoms. The van der Waals surface area contributed by atoms with Crippen LogP contribution >= 0.6 is 0 Å². The first-order chi connectivity index (χ1) is 15.0. The number of piperidine rings is 1. The molecule has 0 aromatic heterocycles. The molecule has 2 fully saturated rings. The van der Waals surface area contributed by atoms with Gasteiger partial charge in [-0.25, -0.2) is 0 Å². The molecular weight excluding hydrogens is 396 g/mol. The smallest absolute Gasteiger partial charge is 0.234 e. The number of amides is 1. The first-order valence-electron chi connectivity index (χ1n) is 11.5. The molecule has 0 spiro atoms. The molecule has 1 aromatic rings. The molecule has 1 saturated heterocycles. The summed E-state index contributed by atoms with van der Waals surface area (Å²) in [4.78, 5) is 14.9. The lowest BCUT2D eigenvalue weighted by Crippen LogP contribution is -2.56. The zero-order chi connectivity index (χ0) is 22.4. The number of nitrogens with one attached hydrogen (secondary N) is 1. The Bertz CT molecular complexity index is 730. The lowest BCUT2D eigenvalue weighted by Gasteiger charge is -2.52. The van der Waals surface area contributed by atoms with E-state index in [9.17, 15) is 9.90 Å². The number of rotatable bonds is 9. The van der Waals surface area contributed by atoms with Crippen LogP contribution in [0.2, 0.25) is 0 Å². The van der Waals surface area contributed by atoms with Gasteiger partial charge in [-0.3, -0.25) is 9.69 Å². The van der Waals surface area contributed by atoms with Crippen molar-refractivity contribution in [3.8, 4) is 17.2 Å². The van der Waals surface area contributed by atoms with Gasteiger partial charge >= 0.3 is 0 Å². The SMILES string of the molecule is CCCCNC(=O)CN1CC[C@@]2(O)CCCC[C@H]2[C@@H]1c1cc(OC)c(OC)c(OC)c1. The molecule has 0 bridgehead atoms. The quantitative estimate of drug-likeness (QED) is 0.581. The number of hydrogen-bond acceptors (Lipinski definition) is 6. The number of likely N-dealkylation sites (tertiary alicyclic amines) is 1. The van der Waals surface area contributed by atoms with Crippen molar-refractivity contribution in [1.29, 1.82) is 0 Å². The van der Waals surface area contributed by atoms with E-state index in [0.29, 0.717) is 43.3 Å². The van der Waals surface area contributed by atoms with Gasteiger partial charge in [-0.2, -0.15) is 0 Å². The first kappa shape index (κ1) is 23.7. The molecule has 3 rings (SSSR count). The van der Waals surface area contributed by atoms with Crippen molar-refractivity contribution < 1.29 is 24.1 Å². The van der Waals surface area contributed by atoms with E-state index in [1.54, 1.807) is 21.3 Å². The molecule has 1 heterocycles. The molecule has 0 unspecified atom stereocenters. The molecule has 2 aliphatic rings. The Balaban J connectivity index is 1.96. The Labute approximate surface area is 186 Å². The fraction of sp³-hybridized carbons (Fsp3) is 0.708. The zero-order valence-electron chi connectivity index (χ0n) is 19.4. The molecule has 3 atom stereocenters. The van der Waals surface area contributed by atoms with Crippen LogP contribution in [0.15, 0.2) is 12.1 Å². The minimum absolute atomic E-state index is 0.0344. The van der Waals surface area contributed by atoms with Gasteiger partial charge in [-0.1, -0.05) is 26.2 Å². The average Bonchev–Trinajstić information content (AvgIpc) is 2.78. The van der Waals surface area contributed by atoms with Crippen LogP contribution in [0.3, 0.4) is 0 Å². The summed E-state index contributed by atoms with van der Waals surface area (Å²) in [5, 5.41) is 14.5. The minimum atomic E-state index is -0.696. The van der Waals surface area contributed by atoms with Gasteiger partial charge in [0, 0.05) is 25.0 Å². The Morgan fingerprint density at radius 2 is 1.87 bits per heavy atom. The summed E-state index contributed by atoms with van der Waals surface area (Å²) >= 11 is 0. The van der Waals surface area contributed by atoms with Gasteiger partial charge in [-0.15, -0.1) is 0 Å². The zero-order valence-corrected chi connectivity index (χ0v) is 19.4. The van der Waals surface area contributed by atoms with Gasteiger partial charge in [0.05, 0.1) is 33.5 Å². The van der Waals surface area contributed by atoms with Crippen molar-refractivity contribution >= 4 is 5.91 Å². The average molecular weight is 435 g/mol. The highest BCUT2D eigenvalue weighted by Gasteiger charge is 2.49. The van der Waals surface area contributed by atoms with Crippen LogP contribution in [-0.4, -0.2) is 62.5 Å². The van der Waals surface area contributed by atoms with E-state index >= 15 is 0 Å². The summed E-state index contributed by atoms with van der Waals surface area (Å²) in [6.45, 7) is 3.81. The highest BCUT2D eigenvalue weighted by atomic mass is 16.5. The normalized spacial score (nSPS) is 26.1. The summed E-state index contributed by atoms with van der Waals surface area (Å²) in [6.07, 6.45) is 6.61. The highest BCUT2D eigenvalue weighted by molar-refractivity contribution is 5.78. The third-order valence-electron chi connectivity index (χ3n) is 6.90. The number of benzene rings is 1. The second kappa shape index (κ2) is 10.6. The summed E-state index contributed by atoms with van der Waals surface area (Å²) < 4.78 is 16.7. The Kier molecular flexibility index (Phi) is 8.06. The van der Waals surface area contributed by atoms with E-state index in [1.807, 2.05) is 12.1 Å². The van der Waals surface area contributed by atoms with Gasteiger partial charge in [0.15, 0.2) is 11.5 Å². The molecule has 1 saturated carbocycles. The number of methoxy groups -OCH3 is 3. The standard InChI is InChI=1S/C24H38N2O5/c1-5-6-12-25-21(27)16-26-13-11-24(28)10-8-7-9-18(24)22(26)17-14-19(29-2)23(31-4)20(15-17)30-3/h14-15,18,22,28H,5-13,16H2,1-4H3,(H,25,27)/t18-,22-,24-/m0/s1. The van der Waals surface area contributed by atoms with E-state index in [2.05, 4.69) is 17.1 Å². The number of hydrogen-bond donors (Lipinski definition) is 2. The molecule has 174 valence electrons. The van der Waals surface area contributed by atoms with Crippen LogP contribution in [-0.2, 0) is 4.79 Å². The number of fused-ring (bicyclic) bond motifs is 1. The lowest BCUT2D eigenvalue weighted by molar-refractivity contribution is -0.137. The predicted octanol–water partition coefficient (Wildman–Crippen LogP) is 3.30. The summed E-state index contributed by atoms with van der Waals surface area (Å²) in [5.41, 5.74) is 0.291. The number of nitrogens with zero attached hydrogens (tertiary/aromatic N) is 1. The summed E-state index contributed by atoms with van der Waals surface area (Å²) in [6, 6.07) is 3.84. The van der Waals surface area contributed by atoms with E-state index in [-0.39, 0.29) is 17.9 Å². The maximum absolute atomic E-state index is 12.7. The third-order valence-corrected chi connectivity index (χ3v) is 6.90. The fourth-order valence-corrected chi connectivity index (χ4v) is 5.28.